The molecule has 0 bridgehead atoms. The predicted octanol–water partition coefficient (Wildman–Crippen LogP) is 3.76. The molecule has 3 aromatic rings. The van der Waals surface area contributed by atoms with Crippen molar-refractivity contribution in [2.24, 2.45) is 0 Å². The summed E-state index contributed by atoms with van der Waals surface area (Å²) < 4.78 is 10.6. The Bertz CT molecular complexity index is 1110. The lowest BCUT2D eigenvalue weighted by Gasteiger charge is -2.25. The highest BCUT2D eigenvalue weighted by Crippen LogP contribution is 2.35. The summed E-state index contributed by atoms with van der Waals surface area (Å²) in [6, 6.07) is 22.1. The second-order valence-corrected chi connectivity index (χ2v) is 7.64. The van der Waals surface area contributed by atoms with E-state index in [0.29, 0.717) is 36.6 Å². The van der Waals surface area contributed by atoms with Crippen molar-refractivity contribution in [2.75, 3.05) is 20.8 Å². The Morgan fingerprint density at radius 1 is 0.906 bits per heavy atom. The Kier molecular flexibility index (Phi) is 6.40. The molecule has 1 aliphatic heterocycles. The van der Waals surface area contributed by atoms with Crippen LogP contribution in [0.5, 0.6) is 11.5 Å². The average Bonchev–Trinajstić information content (AvgIpc) is 3.11. The quantitative estimate of drug-likeness (QED) is 0.591. The molecule has 1 heterocycles. The first kappa shape index (κ1) is 21.4. The summed E-state index contributed by atoms with van der Waals surface area (Å²) in [7, 11) is 3.19. The van der Waals surface area contributed by atoms with Crippen molar-refractivity contribution < 1.29 is 19.1 Å². The van der Waals surface area contributed by atoms with Gasteiger partial charge in [-0.2, -0.15) is 0 Å². The van der Waals surface area contributed by atoms with Gasteiger partial charge in [0.2, 0.25) is 5.91 Å². The number of carbonyl (C=O) groups is 2. The van der Waals surface area contributed by atoms with Gasteiger partial charge in [0.05, 0.1) is 14.2 Å². The number of hydrogen-bond acceptors (Lipinski definition) is 4. The fourth-order valence-corrected chi connectivity index (χ4v) is 4.06. The van der Waals surface area contributed by atoms with Crippen molar-refractivity contribution in [3.63, 3.8) is 0 Å². The van der Waals surface area contributed by atoms with Gasteiger partial charge in [-0.1, -0.05) is 54.6 Å². The molecule has 164 valence electrons. The Balaban J connectivity index is 1.48. The highest BCUT2D eigenvalue weighted by atomic mass is 16.5. The van der Waals surface area contributed by atoms with Crippen LogP contribution in [0, 0.1) is 0 Å². The lowest BCUT2D eigenvalue weighted by Crippen LogP contribution is -2.39. The average molecular weight is 431 g/mol. The summed E-state index contributed by atoms with van der Waals surface area (Å²) in [6.45, 7) is 0.822. The predicted molar refractivity (Wildman–Crippen MR) is 122 cm³/mol. The van der Waals surface area contributed by atoms with Crippen LogP contribution < -0.4 is 14.8 Å². The number of rotatable bonds is 8. The maximum absolute atomic E-state index is 13.2. The van der Waals surface area contributed by atoms with E-state index in [-0.39, 0.29) is 11.8 Å². The molecule has 4 rings (SSSR count). The smallest absolute Gasteiger partial charge is 0.255 e. The normalized spacial score (nSPS) is 14.8. The molecule has 0 aromatic heterocycles. The first-order chi connectivity index (χ1) is 15.6. The van der Waals surface area contributed by atoms with Crippen molar-refractivity contribution in [2.45, 2.75) is 19.0 Å². The van der Waals surface area contributed by atoms with Crippen LogP contribution in [0.3, 0.4) is 0 Å². The third-order valence-corrected chi connectivity index (χ3v) is 5.66. The van der Waals surface area contributed by atoms with E-state index in [1.54, 1.807) is 25.2 Å². The number of nitrogens with zero attached hydrogens (tertiary/aromatic N) is 1. The van der Waals surface area contributed by atoms with Gasteiger partial charge in [-0.05, 0) is 41.3 Å². The topological polar surface area (TPSA) is 67.9 Å². The zero-order chi connectivity index (χ0) is 22.5. The summed E-state index contributed by atoms with van der Waals surface area (Å²) in [5, 5.41) is 3.01. The summed E-state index contributed by atoms with van der Waals surface area (Å²) in [4.78, 5) is 27.9. The van der Waals surface area contributed by atoms with E-state index < -0.39 is 6.04 Å². The molecular weight excluding hydrogens is 404 g/mol. The molecule has 0 saturated heterocycles. The Morgan fingerprint density at radius 2 is 1.62 bits per heavy atom. The zero-order valence-electron chi connectivity index (χ0n) is 18.2. The second kappa shape index (κ2) is 9.56. The van der Waals surface area contributed by atoms with E-state index >= 15 is 0 Å². The molecule has 1 atom stereocenters. The first-order valence-corrected chi connectivity index (χ1v) is 10.5. The molecule has 0 radical (unpaired) electrons. The number of nitrogens with one attached hydrogen (secondary N) is 1. The zero-order valence-corrected chi connectivity index (χ0v) is 18.2. The number of ether oxygens (including phenoxy) is 2. The van der Waals surface area contributed by atoms with Gasteiger partial charge >= 0.3 is 0 Å². The van der Waals surface area contributed by atoms with E-state index in [1.807, 2.05) is 66.7 Å². The van der Waals surface area contributed by atoms with Crippen LogP contribution in [-0.2, 0) is 17.8 Å². The molecule has 3 aromatic carbocycles. The minimum atomic E-state index is -0.649. The number of benzene rings is 3. The van der Waals surface area contributed by atoms with Crippen LogP contribution in [0.4, 0.5) is 0 Å². The van der Waals surface area contributed by atoms with Crippen LogP contribution in [0.15, 0.2) is 72.8 Å². The van der Waals surface area contributed by atoms with Crippen LogP contribution >= 0.6 is 0 Å². The largest absolute Gasteiger partial charge is 0.493 e. The number of fused-ring (bicyclic) bond motifs is 1. The molecule has 2 amide bonds. The standard InChI is InChI=1S/C26H26N2O4/c1-31-22-13-12-18(16-23(22)32-2)14-15-27-25(29)24-20-10-6-7-11-21(20)26(30)28(24)17-19-8-4-3-5-9-19/h3-13,16,24H,14-15,17H2,1-2H3,(H,27,29)/t24-/m0/s1. The van der Waals surface area contributed by atoms with Crippen LogP contribution in [-0.4, -0.2) is 37.5 Å². The van der Waals surface area contributed by atoms with Gasteiger partial charge in [0, 0.05) is 18.7 Å². The second-order valence-electron chi connectivity index (χ2n) is 7.64. The van der Waals surface area contributed by atoms with Crippen molar-refractivity contribution >= 4 is 11.8 Å². The summed E-state index contributed by atoms with van der Waals surface area (Å²) in [5.41, 5.74) is 3.34. The maximum Gasteiger partial charge on any atom is 0.255 e. The molecule has 6 heteroatoms. The maximum atomic E-state index is 13.2. The third-order valence-electron chi connectivity index (χ3n) is 5.66. The molecular formula is C26H26N2O4. The van der Waals surface area contributed by atoms with Gasteiger partial charge in [-0.15, -0.1) is 0 Å². The SMILES string of the molecule is COc1ccc(CCNC(=O)[C@@H]2c3ccccc3C(=O)N2Cc2ccccc2)cc1OC. The van der Waals surface area contributed by atoms with Crippen molar-refractivity contribution in [1.29, 1.82) is 0 Å². The van der Waals surface area contributed by atoms with E-state index in [2.05, 4.69) is 5.32 Å². The van der Waals surface area contributed by atoms with Gasteiger partial charge in [0.25, 0.3) is 5.91 Å². The Labute approximate surface area is 187 Å². The van der Waals surface area contributed by atoms with Gasteiger partial charge in [0.15, 0.2) is 11.5 Å². The van der Waals surface area contributed by atoms with E-state index in [4.69, 9.17) is 9.47 Å². The molecule has 0 unspecified atom stereocenters. The lowest BCUT2D eigenvalue weighted by molar-refractivity contribution is -0.125. The molecule has 0 fully saturated rings. The first-order valence-electron chi connectivity index (χ1n) is 10.5. The minimum Gasteiger partial charge on any atom is -0.493 e. The molecule has 0 spiro atoms. The van der Waals surface area contributed by atoms with Crippen LogP contribution in [0.25, 0.3) is 0 Å². The van der Waals surface area contributed by atoms with Crippen molar-refractivity contribution in [3.05, 3.63) is 95.1 Å². The van der Waals surface area contributed by atoms with Crippen LogP contribution in [0.2, 0.25) is 0 Å². The summed E-state index contributed by atoms with van der Waals surface area (Å²) in [6.07, 6.45) is 0.632. The fraction of sp³-hybridized carbons (Fsp3) is 0.231. The van der Waals surface area contributed by atoms with E-state index in [0.717, 1.165) is 16.7 Å². The Hall–Kier alpha value is -3.80. The Morgan fingerprint density at radius 3 is 2.38 bits per heavy atom. The monoisotopic (exact) mass is 430 g/mol. The van der Waals surface area contributed by atoms with Gasteiger partial charge in [-0.3, -0.25) is 9.59 Å². The summed E-state index contributed by atoms with van der Waals surface area (Å²) in [5.74, 6) is 1.02. The summed E-state index contributed by atoms with van der Waals surface area (Å²) >= 11 is 0. The van der Waals surface area contributed by atoms with Gasteiger partial charge in [-0.25, -0.2) is 0 Å². The van der Waals surface area contributed by atoms with Gasteiger partial charge in [0.1, 0.15) is 6.04 Å². The number of carbonyl (C=O) groups excluding carboxylic acids is 2. The number of hydrogen-bond donors (Lipinski definition) is 1. The highest BCUT2D eigenvalue weighted by Gasteiger charge is 2.40. The van der Waals surface area contributed by atoms with Crippen LogP contribution in [0.1, 0.15) is 33.1 Å². The lowest BCUT2D eigenvalue weighted by atomic mass is 10.0. The van der Waals surface area contributed by atoms with Gasteiger partial charge < -0.3 is 19.7 Å². The van der Waals surface area contributed by atoms with Crippen molar-refractivity contribution in [3.8, 4) is 11.5 Å². The third kappa shape index (κ3) is 4.30. The number of amides is 2. The highest BCUT2D eigenvalue weighted by molar-refractivity contribution is 6.04. The molecule has 1 N–H and O–H groups in total. The van der Waals surface area contributed by atoms with Crippen molar-refractivity contribution in [1.82, 2.24) is 10.2 Å². The van der Waals surface area contributed by atoms with E-state index in [1.165, 1.54) is 0 Å². The molecule has 1 aliphatic rings. The fourth-order valence-electron chi connectivity index (χ4n) is 4.06. The molecule has 0 saturated carbocycles. The number of methoxy groups -OCH3 is 2. The minimum absolute atomic E-state index is 0.121. The molecule has 6 nitrogen and oxygen atoms in total. The van der Waals surface area contributed by atoms with E-state index in [9.17, 15) is 9.59 Å². The molecule has 0 aliphatic carbocycles. The molecule has 32 heavy (non-hydrogen) atoms.